The Hall–Kier alpha value is -0.111. The summed E-state index contributed by atoms with van der Waals surface area (Å²) in [7, 11) is 0. The van der Waals surface area contributed by atoms with Gasteiger partial charge >= 0.3 is 35.5 Å². The number of hydrogen-bond acceptors (Lipinski definition) is 6. The third-order valence-electron chi connectivity index (χ3n) is 1.27. The molecule has 0 aliphatic heterocycles. The topological polar surface area (TPSA) is 138 Å². The molecule has 0 unspecified atom stereocenters. The van der Waals surface area contributed by atoms with Gasteiger partial charge in [0.1, 0.15) is 0 Å². The molecule has 82 valence electrons. The fourth-order valence-corrected chi connectivity index (χ4v) is 0.691. The Morgan fingerprint density at radius 2 is 1.33 bits per heavy atom. The van der Waals surface area contributed by atoms with Crippen molar-refractivity contribution in [1.29, 1.82) is 0 Å². The maximum absolute atomic E-state index is 10.3. The largest absolute Gasteiger partial charge is 1.00 e. The predicted octanol–water partition coefficient (Wildman–Crippen LogP) is -6.92. The summed E-state index contributed by atoms with van der Waals surface area (Å²) in [4.78, 5) is 30.2. The number of carboxylic acids is 3. The van der Waals surface area contributed by atoms with Crippen molar-refractivity contribution >= 4 is 17.9 Å². The number of carboxylic acid groups (broad SMARTS) is 3. The summed E-state index contributed by atoms with van der Waals surface area (Å²) in [6.45, 7) is 0. The first kappa shape index (κ1) is 20.3. The summed E-state index contributed by atoms with van der Waals surface area (Å²) in [5, 5.41) is 37.2. The summed E-state index contributed by atoms with van der Waals surface area (Å²) in [5.74, 6) is -5.65. The van der Waals surface area contributed by atoms with Crippen molar-refractivity contribution in [2.24, 2.45) is 0 Å². The molecule has 0 aromatic rings. The molecule has 0 aliphatic carbocycles. The van der Waals surface area contributed by atoms with Gasteiger partial charge in [0.15, 0.2) is 5.60 Å². The van der Waals surface area contributed by atoms with E-state index in [1.807, 2.05) is 0 Å². The minimum atomic E-state index is -2.86. The molecule has 0 rings (SSSR count). The van der Waals surface area contributed by atoms with Crippen LogP contribution in [0.1, 0.15) is 12.8 Å². The van der Waals surface area contributed by atoms with E-state index >= 15 is 0 Å². The van der Waals surface area contributed by atoms with Gasteiger partial charge in [-0.1, -0.05) is 0 Å². The van der Waals surface area contributed by atoms with Crippen LogP contribution in [0.15, 0.2) is 0 Å². The van der Waals surface area contributed by atoms with Gasteiger partial charge in [0.25, 0.3) is 0 Å². The molecular formula is C6H6FeNaO7-. The van der Waals surface area contributed by atoms with E-state index in [2.05, 4.69) is 0 Å². The zero-order chi connectivity index (χ0) is 10.6. The molecule has 0 aliphatic rings. The fraction of sp³-hybridized carbons (Fsp3) is 0.500. The van der Waals surface area contributed by atoms with Crippen LogP contribution < -0.4 is 39.8 Å². The molecule has 7 nitrogen and oxygen atoms in total. The van der Waals surface area contributed by atoms with Gasteiger partial charge in [0, 0.05) is 41.8 Å². The number of carbonyl (C=O) groups excluding carboxylic acids is 2. The van der Waals surface area contributed by atoms with Gasteiger partial charge in [0.05, 0.1) is 0 Å². The number of aliphatic carboxylic acids is 3. The van der Waals surface area contributed by atoms with E-state index in [-0.39, 0.29) is 46.6 Å². The average molecular weight is 269 g/mol. The Labute approximate surface area is 117 Å². The van der Waals surface area contributed by atoms with Gasteiger partial charge in [-0.15, -0.1) is 0 Å². The number of hydrogen-bond donors (Lipinski definition) is 2. The third kappa shape index (κ3) is 7.78. The molecule has 0 fully saturated rings. The second kappa shape index (κ2) is 8.09. The Kier molecular flexibility index (Phi) is 11.0. The first-order chi connectivity index (χ1) is 5.78. The maximum atomic E-state index is 10.3. The normalized spacial score (nSPS) is 9.40. The van der Waals surface area contributed by atoms with Crippen molar-refractivity contribution in [1.82, 2.24) is 0 Å². The molecule has 0 amide bonds. The van der Waals surface area contributed by atoms with Gasteiger partial charge < -0.3 is 30.0 Å². The van der Waals surface area contributed by atoms with E-state index < -0.39 is 36.4 Å². The summed E-state index contributed by atoms with van der Waals surface area (Å²) >= 11 is 0. The van der Waals surface area contributed by atoms with Crippen molar-refractivity contribution in [3.8, 4) is 0 Å². The van der Waals surface area contributed by atoms with Crippen LogP contribution in [0.2, 0.25) is 0 Å². The summed E-state index contributed by atoms with van der Waals surface area (Å²) in [6.07, 6.45) is -2.59. The molecule has 9 heteroatoms. The first-order valence-electron chi connectivity index (χ1n) is 3.13. The van der Waals surface area contributed by atoms with Crippen LogP contribution in [0.4, 0.5) is 0 Å². The standard InChI is InChI=1S/C6H8O7.Fe.Na/c7-3(8)1-6(13,5(11)12)2-4(9)10;;/h13H,1-2H2,(H,7,8)(H,9,10)(H,11,12);;/q;;+1/p-2. The minimum absolute atomic E-state index is 0. The van der Waals surface area contributed by atoms with Crippen molar-refractivity contribution in [2.75, 3.05) is 0 Å². The van der Waals surface area contributed by atoms with Gasteiger partial charge in [-0.3, -0.25) is 0 Å². The molecule has 0 atom stereocenters. The molecule has 0 spiro atoms. The minimum Gasteiger partial charge on any atom is -0.550 e. The molecule has 0 saturated carbocycles. The second-order valence-electron chi connectivity index (χ2n) is 2.43. The molecule has 0 aromatic heterocycles. The van der Waals surface area contributed by atoms with Gasteiger partial charge in [-0.05, 0) is 0 Å². The molecule has 0 bridgehead atoms. The smallest absolute Gasteiger partial charge is 0.550 e. The number of rotatable bonds is 5. The molecule has 0 radical (unpaired) electrons. The molecule has 0 saturated heterocycles. The van der Waals surface area contributed by atoms with Crippen LogP contribution in [0.3, 0.4) is 0 Å². The van der Waals surface area contributed by atoms with Crippen molar-refractivity contribution < 1.29 is 81.4 Å². The van der Waals surface area contributed by atoms with Crippen LogP contribution in [-0.4, -0.2) is 33.7 Å². The van der Waals surface area contributed by atoms with E-state index in [4.69, 9.17) is 10.2 Å². The van der Waals surface area contributed by atoms with Crippen molar-refractivity contribution in [3.63, 3.8) is 0 Å². The van der Waals surface area contributed by atoms with Gasteiger partial charge in [-0.2, -0.15) is 0 Å². The zero-order valence-corrected chi connectivity index (χ0v) is 10.8. The molecule has 2 N–H and O–H groups in total. The van der Waals surface area contributed by atoms with Crippen LogP contribution in [0.25, 0.3) is 0 Å². The molecule has 0 aromatic carbocycles. The first-order valence-corrected chi connectivity index (χ1v) is 3.13. The maximum Gasteiger partial charge on any atom is 1.00 e. The SMILES string of the molecule is O=C([O-])CC(O)(CC(=O)[O-])C(=O)O.[Fe].[Na+]. The van der Waals surface area contributed by atoms with Crippen LogP contribution in [-0.2, 0) is 31.5 Å². The van der Waals surface area contributed by atoms with E-state index in [1.54, 1.807) is 0 Å². The zero-order valence-electron chi connectivity index (χ0n) is 7.70. The second-order valence-corrected chi connectivity index (χ2v) is 2.43. The predicted molar refractivity (Wildman–Crippen MR) is 31.8 cm³/mol. The fourth-order valence-electron chi connectivity index (χ4n) is 0.691. The molecule has 15 heavy (non-hydrogen) atoms. The van der Waals surface area contributed by atoms with E-state index in [0.717, 1.165) is 0 Å². The van der Waals surface area contributed by atoms with E-state index in [1.165, 1.54) is 0 Å². The molecule has 0 heterocycles. The van der Waals surface area contributed by atoms with Gasteiger partial charge in [0.2, 0.25) is 0 Å². The van der Waals surface area contributed by atoms with E-state index in [9.17, 15) is 24.6 Å². The Balaban J connectivity index is -0.000000720. The Morgan fingerprint density at radius 1 is 1.07 bits per heavy atom. The van der Waals surface area contributed by atoms with Crippen molar-refractivity contribution in [3.05, 3.63) is 0 Å². The Bertz CT molecular complexity index is 238. The average Bonchev–Trinajstić information content (AvgIpc) is 1.82. The third-order valence-corrected chi connectivity index (χ3v) is 1.27. The summed E-state index contributed by atoms with van der Waals surface area (Å²) < 4.78 is 0. The van der Waals surface area contributed by atoms with Crippen LogP contribution in [0.5, 0.6) is 0 Å². The van der Waals surface area contributed by atoms with Crippen LogP contribution in [0, 0.1) is 0 Å². The summed E-state index contributed by atoms with van der Waals surface area (Å²) in [6, 6.07) is 0. The molecular weight excluding hydrogens is 263 g/mol. The quantitative estimate of drug-likeness (QED) is 0.473. The van der Waals surface area contributed by atoms with E-state index in [0.29, 0.717) is 0 Å². The van der Waals surface area contributed by atoms with Gasteiger partial charge in [-0.25, -0.2) is 4.79 Å². The number of aliphatic hydroxyl groups is 1. The van der Waals surface area contributed by atoms with Crippen molar-refractivity contribution in [2.45, 2.75) is 18.4 Å². The Morgan fingerprint density at radius 3 is 1.47 bits per heavy atom. The van der Waals surface area contributed by atoms with Crippen LogP contribution >= 0.6 is 0 Å². The summed E-state index contributed by atoms with van der Waals surface area (Å²) in [5.41, 5.74) is -2.86. The number of carbonyl (C=O) groups is 3. The monoisotopic (exact) mass is 269 g/mol.